The first-order valence-corrected chi connectivity index (χ1v) is 7.29. The molecule has 16 heavy (non-hydrogen) atoms. The van der Waals surface area contributed by atoms with Crippen LogP contribution in [0.25, 0.3) is 10.2 Å². The Hall–Kier alpha value is -0.580. The molecule has 3 rings (SSSR count). The molecule has 1 aromatic heterocycles. The Morgan fingerprint density at radius 3 is 2.75 bits per heavy atom. The van der Waals surface area contributed by atoms with Gasteiger partial charge in [0.05, 0.1) is 10.2 Å². The maximum atomic E-state index is 4.65. The van der Waals surface area contributed by atoms with E-state index < -0.39 is 0 Å². The first-order chi connectivity index (χ1) is 7.92. The average molecular weight is 250 g/mol. The highest BCUT2D eigenvalue weighted by atomic mass is 32.2. The quantitative estimate of drug-likeness (QED) is 0.754. The molecular formula is C12H14N2S2. The van der Waals surface area contributed by atoms with Crippen molar-refractivity contribution in [1.82, 2.24) is 9.29 Å². The molecule has 4 heteroatoms. The molecule has 2 aromatic rings. The minimum absolute atomic E-state index is 1.13. The van der Waals surface area contributed by atoms with E-state index in [-0.39, 0.29) is 0 Å². The molecule has 2 nitrogen and oxygen atoms in total. The Labute approximate surface area is 104 Å². The topological polar surface area (TPSA) is 16.1 Å². The fraction of sp³-hybridized carbons (Fsp3) is 0.417. The first kappa shape index (κ1) is 10.6. The van der Waals surface area contributed by atoms with Gasteiger partial charge in [0.15, 0.2) is 4.34 Å². The number of thiazole rings is 1. The predicted molar refractivity (Wildman–Crippen MR) is 70.9 cm³/mol. The number of aromatic nitrogens is 1. The standard InChI is InChI=1S/C12H14N2S2/c1-4-8-14(9-5-1)16-12-13-10-6-2-3-7-11(10)15-12/h2-3,6-7H,1,4-5,8-9H2. The van der Waals surface area contributed by atoms with E-state index >= 15 is 0 Å². The Balaban J connectivity index is 1.78. The van der Waals surface area contributed by atoms with Gasteiger partial charge in [0.1, 0.15) is 0 Å². The summed E-state index contributed by atoms with van der Waals surface area (Å²) in [7, 11) is 0. The molecule has 1 saturated heterocycles. The number of hydrogen-bond acceptors (Lipinski definition) is 4. The summed E-state index contributed by atoms with van der Waals surface area (Å²) < 4.78 is 4.92. The molecule has 1 aromatic carbocycles. The number of piperidine rings is 1. The van der Waals surface area contributed by atoms with Crippen LogP contribution in [-0.4, -0.2) is 22.4 Å². The summed E-state index contributed by atoms with van der Waals surface area (Å²) in [5, 5.41) is 0. The summed E-state index contributed by atoms with van der Waals surface area (Å²) in [6.07, 6.45) is 4.05. The fourth-order valence-electron chi connectivity index (χ4n) is 1.96. The third-order valence-electron chi connectivity index (χ3n) is 2.80. The van der Waals surface area contributed by atoms with Gasteiger partial charge < -0.3 is 0 Å². The molecule has 1 fully saturated rings. The predicted octanol–water partition coefficient (Wildman–Crippen LogP) is 3.79. The second-order valence-corrected chi connectivity index (χ2v) is 6.40. The van der Waals surface area contributed by atoms with Crippen molar-refractivity contribution in [2.45, 2.75) is 23.6 Å². The SMILES string of the molecule is c1ccc2sc(SN3CCCCC3)nc2c1. The van der Waals surface area contributed by atoms with Crippen LogP contribution in [0.5, 0.6) is 0 Å². The van der Waals surface area contributed by atoms with Crippen LogP contribution < -0.4 is 0 Å². The van der Waals surface area contributed by atoms with Gasteiger partial charge in [-0.1, -0.05) is 18.6 Å². The van der Waals surface area contributed by atoms with E-state index in [0.717, 1.165) is 5.52 Å². The zero-order valence-electron chi connectivity index (χ0n) is 9.06. The fourth-order valence-corrected chi connectivity index (χ4v) is 4.19. The van der Waals surface area contributed by atoms with E-state index in [1.807, 2.05) is 11.9 Å². The van der Waals surface area contributed by atoms with E-state index in [1.54, 1.807) is 11.3 Å². The van der Waals surface area contributed by atoms with Gasteiger partial charge in [-0.25, -0.2) is 9.29 Å². The molecule has 0 unspecified atom stereocenters. The van der Waals surface area contributed by atoms with Crippen LogP contribution in [-0.2, 0) is 0 Å². The summed E-state index contributed by atoms with van der Waals surface area (Å²) >= 11 is 3.63. The molecule has 0 saturated carbocycles. The van der Waals surface area contributed by atoms with E-state index in [4.69, 9.17) is 0 Å². The van der Waals surface area contributed by atoms with E-state index in [2.05, 4.69) is 33.6 Å². The van der Waals surface area contributed by atoms with E-state index in [9.17, 15) is 0 Å². The summed E-state index contributed by atoms with van der Waals surface area (Å²) in [5.74, 6) is 0. The molecule has 1 aliphatic rings. The lowest BCUT2D eigenvalue weighted by atomic mass is 10.2. The van der Waals surface area contributed by atoms with Crippen LogP contribution in [0, 0.1) is 0 Å². The van der Waals surface area contributed by atoms with Crippen molar-refractivity contribution in [3.05, 3.63) is 24.3 Å². The van der Waals surface area contributed by atoms with Crippen LogP contribution in [0.2, 0.25) is 0 Å². The van der Waals surface area contributed by atoms with Crippen molar-refractivity contribution in [1.29, 1.82) is 0 Å². The molecule has 0 amide bonds. The molecule has 0 N–H and O–H groups in total. The lowest BCUT2D eigenvalue weighted by Gasteiger charge is -2.23. The highest BCUT2D eigenvalue weighted by molar-refractivity contribution is 7.98. The molecule has 1 aliphatic heterocycles. The third kappa shape index (κ3) is 2.24. The number of rotatable bonds is 2. The van der Waals surface area contributed by atoms with Crippen LogP contribution >= 0.6 is 23.3 Å². The number of fused-ring (bicyclic) bond motifs is 1. The Kier molecular flexibility index (Phi) is 3.13. The first-order valence-electron chi connectivity index (χ1n) is 5.70. The average Bonchev–Trinajstić information content (AvgIpc) is 2.72. The monoisotopic (exact) mass is 250 g/mol. The minimum atomic E-state index is 1.13. The molecule has 0 spiro atoms. The molecule has 0 atom stereocenters. The van der Waals surface area contributed by atoms with Crippen LogP contribution in [0.1, 0.15) is 19.3 Å². The lowest BCUT2D eigenvalue weighted by molar-refractivity contribution is 0.380. The van der Waals surface area contributed by atoms with Crippen molar-refractivity contribution in [2.75, 3.05) is 13.1 Å². The van der Waals surface area contributed by atoms with Gasteiger partial charge >= 0.3 is 0 Å². The number of para-hydroxylation sites is 1. The van der Waals surface area contributed by atoms with Crippen LogP contribution in [0.15, 0.2) is 28.6 Å². The van der Waals surface area contributed by atoms with Crippen LogP contribution in [0.3, 0.4) is 0 Å². The van der Waals surface area contributed by atoms with Crippen molar-refractivity contribution in [3.63, 3.8) is 0 Å². The van der Waals surface area contributed by atoms with Crippen molar-refractivity contribution in [3.8, 4) is 0 Å². The zero-order valence-corrected chi connectivity index (χ0v) is 10.7. The Bertz CT molecular complexity index is 442. The largest absolute Gasteiger partial charge is 0.244 e. The molecule has 2 heterocycles. The van der Waals surface area contributed by atoms with Gasteiger partial charge in [0.25, 0.3) is 0 Å². The molecular weight excluding hydrogens is 236 g/mol. The van der Waals surface area contributed by atoms with Gasteiger partial charge in [-0.05, 0) is 36.9 Å². The highest BCUT2D eigenvalue weighted by Gasteiger charge is 2.13. The summed E-state index contributed by atoms with van der Waals surface area (Å²) in [6, 6.07) is 8.37. The number of nitrogens with zero attached hydrogens (tertiary/aromatic N) is 2. The molecule has 84 valence electrons. The van der Waals surface area contributed by atoms with E-state index in [1.165, 1.54) is 41.4 Å². The Morgan fingerprint density at radius 1 is 1.12 bits per heavy atom. The number of benzene rings is 1. The van der Waals surface area contributed by atoms with Gasteiger partial charge in [-0.3, -0.25) is 0 Å². The second-order valence-electron chi connectivity index (χ2n) is 4.03. The maximum absolute atomic E-state index is 4.65. The number of hydrogen-bond donors (Lipinski definition) is 0. The van der Waals surface area contributed by atoms with Crippen molar-refractivity contribution >= 4 is 33.5 Å². The van der Waals surface area contributed by atoms with Gasteiger partial charge in [0, 0.05) is 13.1 Å². The van der Waals surface area contributed by atoms with Crippen molar-refractivity contribution in [2.24, 2.45) is 0 Å². The second kappa shape index (κ2) is 4.73. The maximum Gasteiger partial charge on any atom is 0.166 e. The van der Waals surface area contributed by atoms with E-state index in [0.29, 0.717) is 0 Å². The normalized spacial score (nSPS) is 18.0. The van der Waals surface area contributed by atoms with Crippen LogP contribution in [0.4, 0.5) is 0 Å². The van der Waals surface area contributed by atoms with Crippen molar-refractivity contribution < 1.29 is 0 Å². The zero-order chi connectivity index (χ0) is 10.8. The molecule has 0 bridgehead atoms. The molecule has 0 radical (unpaired) electrons. The Morgan fingerprint density at radius 2 is 1.94 bits per heavy atom. The van der Waals surface area contributed by atoms with Gasteiger partial charge in [0.2, 0.25) is 0 Å². The lowest BCUT2D eigenvalue weighted by Crippen LogP contribution is -2.22. The summed E-state index contributed by atoms with van der Waals surface area (Å²) in [5.41, 5.74) is 1.13. The third-order valence-corrected chi connectivity index (χ3v) is 4.97. The summed E-state index contributed by atoms with van der Waals surface area (Å²) in [6.45, 7) is 2.42. The summed E-state index contributed by atoms with van der Waals surface area (Å²) in [4.78, 5) is 4.65. The molecule has 0 aliphatic carbocycles. The minimum Gasteiger partial charge on any atom is -0.244 e. The highest BCUT2D eigenvalue weighted by Crippen LogP contribution is 2.32. The van der Waals surface area contributed by atoms with Gasteiger partial charge in [-0.15, -0.1) is 11.3 Å². The smallest absolute Gasteiger partial charge is 0.166 e. The van der Waals surface area contributed by atoms with Gasteiger partial charge in [-0.2, -0.15) is 0 Å².